The molecule has 5 heteroatoms. The van der Waals surface area contributed by atoms with Gasteiger partial charge in [-0.2, -0.15) is 11.8 Å². The summed E-state index contributed by atoms with van der Waals surface area (Å²) in [5.74, 6) is 0.991. The zero-order valence-corrected chi connectivity index (χ0v) is 13.9. The van der Waals surface area contributed by atoms with E-state index in [0.29, 0.717) is 13.0 Å². The Labute approximate surface area is 135 Å². The molecule has 2 atom stereocenters. The second-order valence-corrected chi connectivity index (χ2v) is 7.03. The lowest BCUT2D eigenvalue weighted by molar-refractivity contribution is -0.140. The van der Waals surface area contributed by atoms with E-state index >= 15 is 0 Å². The lowest BCUT2D eigenvalue weighted by atomic mass is 9.93. The summed E-state index contributed by atoms with van der Waals surface area (Å²) in [5.41, 5.74) is 2.39. The van der Waals surface area contributed by atoms with E-state index in [2.05, 4.69) is 26.0 Å². The highest BCUT2D eigenvalue weighted by molar-refractivity contribution is 7.99. The number of amides is 1. The molecule has 1 saturated heterocycles. The maximum absolute atomic E-state index is 12.6. The van der Waals surface area contributed by atoms with Gasteiger partial charge in [0.25, 0.3) is 0 Å². The number of carboxylic acids is 1. The Morgan fingerprint density at radius 2 is 2.14 bits per heavy atom. The van der Waals surface area contributed by atoms with Crippen molar-refractivity contribution in [1.29, 1.82) is 0 Å². The Morgan fingerprint density at radius 3 is 2.82 bits per heavy atom. The zero-order valence-electron chi connectivity index (χ0n) is 13.1. The van der Waals surface area contributed by atoms with Gasteiger partial charge in [-0.3, -0.25) is 9.59 Å². The Morgan fingerprint density at radius 1 is 1.41 bits per heavy atom. The monoisotopic (exact) mass is 321 g/mol. The van der Waals surface area contributed by atoms with Crippen LogP contribution < -0.4 is 0 Å². The number of carbonyl (C=O) groups is 2. The fraction of sp³-hybridized carbons (Fsp3) is 0.529. The van der Waals surface area contributed by atoms with Crippen LogP contribution in [0.2, 0.25) is 0 Å². The molecule has 1 fully saturated rings. The molecule has 0 saturated carbocycles. The highest BCUT2D eigenvalue weighted by Crippen LogP contribution is 2.26. The van der Waals surface area contributed by atoms with Crippen molar-refractivity contribution < 1.29 is 14.7 Å². The van der Waals surface area contributed by atoms with Gasteiger partial charge in [-0.25, -0.2) is 0 Å². The topological polar surface area (TPSA) is 57.6 Å². The van der Waals surface area contributed by atoms with Crippen molar-refractivity contribution in [2.24, 2.45) is 0 Å². The van der Waals surface area contributed by atoms with Crippen LogP contribution in [0.1, 0.15) is 36.8 Å². The maximum atomic E-state index is 12.6. The molecule has 0 aromatic heterocycles. The predicted molar refractivity (Wildman–Crippen MR) is 89.3 cm³/mol. The molecule has 22 heavy (non-hydrogen) atoms. The van der Waals surface area contributed by atoms with E-state index in [0.717, 1.165) is 11.5 Å². The summed E-state index contributed by atoms with van der Waals surface area (Å²) in [6, 6.07) is 7.94. The lowest BCUT2D eigenvalue weighted by Gasteiger charge is -2.35. The Balaban J connectivity index is 2.03. The molecule has 4 nitrogen and oxygen atoms in total. The summed E-state index contributed by atoms with van der Waals surface area (Å²) in [6.07, 6.45) is 0.475. The summed E-state index contributed by atoms with van der Waals surface area (Å²) >= 11 is 1.73. The number of hydrogen-bond donors (Lipinski definition) is 1. The van der Waals surface area contributed by atoms with Crippen molar-refractivity contribution >= 4 is 23.6 Å². The van der Waals surface area contributed by atoms with Gasteiger partial charge in [0.05, 0.1) is 12.5 Å². The van der Waals surface area contributed by atoms with Gasteiger partial charge in [0.1, 0.15) is 0 Å². The summed E-state index contributed by atoms with van der Waals surface area (Å²) in [4.78, 5) is 25.4. The van der Waals surface area contributed by atoms with Crippen molar-refractivity contribution in [3.05, 3.63) is 35.4 Å². The standard InChI is InChI=1S/C17H23NO3S/c1-12-5-3-4-6-15(12)13(2)9-16(19)18-7-8-22-11-14(18)10-17(20)21/h3-6,13-14H,7-11H2,1-2H3,(H,20,21). The SMILES string of the molecule is Cc1ccccc1C(C)CC(=O)N1CCSCC1CC(=O)O. The summed E-state index contributed by atoms with van der Waals surface area (Å²) in [5, 5.41) is 9.01. The summed E-state index contributed by atoms with van der Waals surface area (Å²) < 4.78 is 0. The fourth-order valence-corrected chi connectivity index (χ4v) is 4.05. The van der Waals surface area contributed by atoms with Gasteiger partial charge in [-0.05, 0) is 24.0 Å². The van der Waals surface area contributed by atoms with Crippen LogP contribution in [0.15, 0.2) is 24.3 Å². The van der Waals surface area contributed by atoms with Gasteiger partial charge >= 0.3 is 5.97 Å². The van der Waals surface area contributed by atoms with Gasteiger partial charge < -0.3 is 10.0 Å². The van der Waals surface area contributed by atoms with Crippen LogP contribution in [-0.2, 0) is 9.59 Å². The Bertz CT molecular complexity index is 546. The molecule has 1 heterocycles. The molecule has 0 bridgehead atoms. The second-order valence-electron chi connectivity index (χ2n) is 5.88. The van der Waals surface area contributed by atoms with E-state index in [-0.39, 0.29) is 24.3 Å². The first kappa shape index (κ1) is 16.9. The van der Waals surface area contributed by atoms with E-state index in [4.69, 9.17) is 5.11 Å². The largest absolute Gasteiger partial charge is 0.481 e. The number of carboxylic acid groups (broad SMARTS) is 1. The Kier molecular flexibility index (Phi) is 5.89. The average Bonchev–Trinajstić information content (AvgIpc) is 2.47. The van der Waals surface area contributed by atoms with E-state index < -0.39 is 5.97 Å². The highest BCUT2D eigenvalue weighted by Gasteiger charge is 2.29. The number of nitrogens with zero attached hydrogens (tertiary/aromatic N) is 1. The number of hydrogen-bond acceptors (Lipinski definition) is 3. The Hall–Kier alpha value is -1.49. The van der Waals surface area contributed by atoms with Gasteiger partial charge in [0, 0.05) is 24.5 Å². The summed E-state index contributed by atoms with van der Waals surface area (Å²) in [6.45, 7) is 4.77. The molecule has 0 radical (unpaired) electrons. The molecule has 0 aliphatic carbocycles. The number of rotatable bonds is 5. The number of carbonyl (C=O) groups excluding carboxylic acids is 1. The second kappa shape index (κ2) is 7.68. The minimum atomic E-state index is -0.836. The van der Waals surface area contributed by atoms with Crippen molar-refractivity contribution in [2.75, 3.05) is 18.1 Å². The third-order valence-corrected chi connectivity index (χ3v) is 5.25. The molecule has 1 aromatic carbocycles. The van der Waals surface area contributed by atoms with Crippen LogP contribution in [0.3, 0.4) is 0 Å². The van der Waals surface area contributed by atoms with Gasteiger partial charge in [0.2, 0.25) is 5.91 Å². The van der Waals surface area contributed by atoms with Crippen LogP contribution >= 0.6 is 11.8 Å². The van der Waals surface area contributed by atoms with Crippen molar-refractivity contribution in [3.63, 3.8) is 0 Å². The minimum Gasteiger partial charge on any atom is -0.481 e. The number of aliphatic carboxylic acids is 1. The quantitative estimate of drug-likeness (QED) is 0.906. The van der Waals surface area contributed by atoms with E-state index in [1.807, 2.05) is 12.1 Å². The van der Waals surface area contributed by atoms with Crippen molar-refractivity contribution in [3.8, 4) is 0 Å². The first-order chi connectivity index (χ1) is 10.5. The minimum absolute atomic E-state index is 0.0392. The van der Waals surface area contributed by atoms with Gasteiger partial charge in [-0.1, -0.05) is 31.2 Å². The first-order valence-electron chi connectivity index (χ1n) is 7.63. The molecule has 1 aliphatic heterocycles. The van der Waals surface area contributed by atoms with Crippen LogP contribution in [0.4, 0.5) is 0 Å². The molecule has 1 aliphatic rings. The molecule has 1 N–H and O–H groups in total. The van der Waals surface area contributed by atoms with Crippen LogP contribution in [0, 0.1) is 6.92 Å². The normalized spacial score (nSPS) is 19.7. The third-order valence-electron chi connectivity index (χ3n) is 4.16. The average molecular weight is 321 g/mol. The fourth-order valence-electron chi connectivity index (χ4n) is 2.98. The molecule has 120 valence electrons. The smallest absolute Gasteiger partial charge is 0.305 e. The van der Waals surface area contributed by atoms with E-state index in [1.165, 1.54) is 11.1 Å². The predicted octanol–water partition coefficient (Wildman–Crippen LogP) is 2.91. The van der Waals surface area contributed by atoms with Crippen LogP contribution in [0.25, 0.3) is 0 Å². The number of benzene rings is 1. The van der Waals surface area contributed by atoms with E-state index in [9.17, 15) is 9.59 Å². The number of thioether (sulfide) groups is 1. The van der Waals surface area contributed by atoms with Crippen LogP contribution in [-0.4, -0.2) is 46.0 Å². The highest BCUT2D eigenvalue weighted by atomic mass is 32.2. The van der Waals surface area contributed by atoms with Crippen molar-refractivity contribution in [2.45, 2.75) is 38.6 Å². The maximum Gasteiger partial charge on any atom is 0.305 e. The van der Waals surface area contributed by atoms with Crippen LogP contribution in [0.5, 0.6) is 0 Å². The van der Waals surface area contributed by atoms with E-state index in [1.54, 1.807) is 16.7 Å². The molecule has 2 rings (SSSR count). The summed E-state index contributed by atoms with van der Waals surface area (Å²) in [7, 11) is 0. The van der Waals surface area contributed by atoms with Crippen molar-refractivity contribution in [1.82, 2.24) is 4.90 Å². The molecule has 2 unspecified atom stereocenters. The lowest BCUT2D eigenvalue weighted by Crippen LogP contribution is -2.47. The molecule has 0 spiro atoms. The first-order valence-corrected chi connectivity index (χ1v) is 8.79. The number of aryl methyl sites for hydroxylation is 1. The molecule has 1 amide bonds. The molecular formula is C17H23NO3S. The zero-order chi connectivity index (χ0) is 16.1. The molecular weight excluding hydrogens is 298 g/mol. The van der Waals surface area contributed by atoms with Gasteiger partial charge in [0.15, 0.2) is 0 Å². The molecule has 1 aromatic rings. The third kappa shape index (κ3) is 4.26. The van der Waals surface area contributed by atoms with Gasteiger partial charge in [-0.15, -0.1) is 0 Å².